The van der Waals surface area contributed by atoms with Crippen LogP contribution in [0.25, 0.3) is 6.08 Å². The minimum absolute atomic E-state index is 0.0243. The molecule has 1 amide bonds. The largest absolute Gasteiger partial charge is 0.493 e. The first kappa shape index (κ1) is 29.8. The van der Waals surface area contributed by atoms with Crippen LogP contribution >= 0.6 is 0 Å². The first-order valence-electron chi connectivity index (χ1n) is 13.6. The molecule has 4 rings (SSSR count). The van der Waals surface area contributed by atoms with E-state index in [0.717, 1.165) is 22.3 Å². The Balaban J connectivity index is 1.44. The van der Waals surface area contributed by atoms with E-state index < -0.39 is 5.91 Å². The molecule has 0 bridgehead atoms. The second kappa shape index (κ2) is 14.4. The lowest BCUT2D eigenvalue weighted by Crippen LogP contribution is -2.14. The lowest BCUT2D eigenvalue weighted by atomic mass is 10.1. The SMILES string of the molecule is CCOc1cc(COc2ccc(/C=C(\C#N)C(=O)Nc3ccc(C)cc3C)cc2OC)ccc1OCc1ccccc1. The molecule has 0 radical (unpaired) electrons. The van der Waals surface area contributed by atoms with Gasteiger partial charge < -0.3 is 24.3 Å². The van der Waals surface area contributed by atoms with Crippen molar-refractivity contribution in [3.05, 3.63) is 118 Å². The van der Waals surface area contributed by atoms with Gasteiger partial charge in [0.2, 0.25) is 0 Å². The molecule has 4 aromatic carbocycles. The first-order valence-corrected chi connectivity index (χ1v) is 13.6. The highest BCUT2D eigenvalue weighted by atomic mass is 16.5. The van der Waals surface area contributed by atoms with Crippen LogP contribution in [0.2, 0.25) is 0 Å². The number of carbonyl (C=O) groups is 1. The summed E-state index contributed by atoms with van der Waals surface area (Å²) >= 11 is 0. The summed E-state index contributed by atoms with van der Waals surface area (Å²) in [6.45, 7) is 7.03. The fourth-order valence-corrected chi connectivity index (χ4v) is 4.28. The minimum atomic E-state index is -0.481. The van der Waals surface area contributed by atoms with E-state index in [9.17, 15) is 10.1 Å². The minimum Gasteiger partial charge on any atom is -0.493 e. The number of nitrogens with zero attached hydrogens (tertiary/aromatic N) is 1. The van der Waals surface area contributed by atoms with E-state index in [2.05, 4.69) is 5.32 Å². The number of methoxy groups -OCH3 is 1. The number of ether oxygens (including phenoxy) is 4. The Morgan fingerprint density at radius 2 is 1.52 bits per heavy atom. The summed E-state index contributed by atoms with van der Waals surface area (Å²) in [5, 5.41) is 12.5. The maximum Gasteiger partial charge on any atom is 0.266 e. The Kier molecular flexibility index (Phi) is 10.2. The third kappa shape index (κ3) is 7.92. The Labute approximate surface area is 246 Å². The predicted molar refractivity (Wildman–Crippen MR) is 164 cm³/mol. The van der Waals surface area contributed by atoms with Crippen molar-refractivity contribution in [2.45, 2.75) is 34.0 Å². The van der Waals surface area contributed by atoms with Gasteiger partial charge in [0.05, 0.1) is 13.7 Å². The Morgan fingerprint density at radius 3 is 2.21 bits per heavy atom. The average Bonchev–Trinajstić information content (AvgIpc) is 3.00. The van der Waals surface area contributed by atoms with E-state index in [0.29, 0.717) is 47.5 Å². The van der Waals surface area contributed by atoms with E-state index in [1.807, 2.05) is 93.6 Å². The quantitative estimate of drug-likeness (QED) is 0.143. The van der Waals surface area contributed by atoms with Gasteiger partial charge >= 0.3 is 0 Å². The Bertz CT molecular complexity index is 1610. The molecule has 0 aromatic heterocycles. The van der Waals surface area contributed by atoms with Crippen LogP contribution < -0.4 is 24.3 Å². The van der Waals surface area contributed by atoms with Gasteiger partial charge in [-0.15, -0.1) is 0 Å². The molecule has 0 fully saturated rings. The van der Waals surface area contributed by atoms with Crippen molar-refractivity contribution >= 4 is 17.7 Å². The highest BCUT2D eigenvalue weighted by molar-refractivity contribution is 6.10. The monoisotopic (exact) mass is 562 g/mol. The molecule has 0 saturated carbocycles. The van der Waals surface area contributed by atoms with Gasteiger partial charge in [0, 0.05) is 5.69 Å². The molecule has 214 valence electrons. The zero-order valence-corrected chi connectivity index (χ0v) is 24.3. The molecule has 4 aromatic rings. The van der Waals surface area contributed by atoms with E-state index in [1.54, 1.807) is 25.3 Å². The molecule has 0 saturated heterocycles. The first-order chi connectivity index (χ1) is 20.4. The fraction of sp³-hybridized carbons (Fsp3) is 0.200. The molecular weight excluding hydrogens is 528 g/mol. The second-order valence-electron chi connectivity index (χ2n) is 9.63. The Morgan fingerprint density at radius 1 is 0.810 bits per heavy atom. The van der Waals surface area contributed by atoms with Crippen molar-refractivity contribution in [2.24, 2.45) is 0 Å². The number of anilines is 1. The highest BCUT2D eigenvalue weighted by Gasteiger charge is 2.13. The van der Waals surface area contributed by atoms with Gasteiger partial charge in [-0.2, -0.15) is 5.26 Å². The van der Waals surface area contributed by atoms with Crippen molar-refractivity contribution in [3.8, 4) is 29.1 Å². The number of hydrogen-bond donors (Lipinski definition) is 1. The fourth-order valence-electron chi connectivity index (χ4n) is 4.28. The number of aryl methyl sites for hydroxylation is 2. The third-order valence-corrected chi connectivity index (χ3v) is 6.43. The molecule has 0 heterocycles. The lowest BCUT2D eigenvalue weighted by Gasteiger charge is -2.15. The van der Waals surface area contributed by atoms with Gasteiger partial charge in [-0.05, 0) is 79.4 Å². The van der Waals surface area contributed by atoms with Crippen molar-refractivity contribution in [1.82, 2.24) is 0 Å². The topological polar surface area (TPSA) is 89.8 Å². The molecule has 1 N–H and O–H groups in total. The van der Waals surface area contributed by atoms with Crippen molar-refractivity contribution in [3.63, 3.8) is 0 Å². The van der Waals surface area contributed by atoms with Gasteiger partial charge in [0.1, 0.15) is 24.9 Å². The summed E-state index contributed by atoms with van der Waals surface area (Å²) in [4.78, 5) is 12.8. The summed E-state index contributed by atoms with van der Waals surface area (Å²) in [5.74, 6) is 1.82. The molecule has 0 aliphatic heterocycles. The number of nitriles is 1. The van der Waals surface area contributed by atoms with Gasteiger partial charge in [-0.1, -0.05) is 60.2 Å². The maximum atomic E-state index is 12.8. The van der Waals surface area contributed by atoms with Crippen LogP contribution in [-0.4, -0.2) is 19.6 Å². The normalized spacial score (nSPS) is 10.9. The van der Waals surface area contributed by atoms with Crippen molar-refractivity contribution in [1.29, 1.82) is 5.26 Å². The van der Waals surface area contributed by atoms with Crippen LogP contribution in [0.15, 0.2) is 90.5 Å². The third-order valence-electron chi connectivity index (χ3n) is 6.43. The number of amides is 1. The summed E-state index contributed by atoms with van der Waals surface area (Å²) < 4.78 is 23.4. The molecule has 0 aliphatic rings. The van der Waals surface area contributed by atoms with Gasteiger partial charge in [0.15, 0.2) is 23.0 Å². The molecule has 7 heteroatoms. The summed E-state index contributed by atoms with van der Waals surface area (Å²) in [5.41, 5.74) is 5.25. The molecule has 0 aliphatic carbocycles. The Hall–Kier alpha value is -5.22. The van der Waals surface area contributed by atoms with Crippen LogP contribution in [0.5, 0.6) is 23.0 Å². The number of nitrogens with one attached hydrogen (secondary N) is 1. The van der Waals surface area contributed by atoms with E-state index >= 15 is 0 Å². The van der Waals surface area contributed by atoms with Crippen LogP contribution in [0.4, 0.5) is 5.69 Å². The van der Waals surface area contributed by atoms with Crippen LogP contribution in [0.1, 0.15) is 34.7 Å². The van der Waals surface area contributed by atoms with E-state index in [1.165, 1.54) is 6.08 Å². The van der Waals surface area contributed by atoms with E-state index in [4.69, 9.17) is 18.9 Å². The number of rotatable bonds is 12. The smallest absolute Gasteiger partial charge is 0.266 e. The second-order valence-corrected chi connectivity index (χ2v) is 9.63. The standard InChI is InChI=1S/C35H34N2O5/c1-5-40-34-20-28(13-16-32(34)41-22-26-9-7-6-8-10-26)23-42-31-15-12-27(19-33(31)39-4)18-29(21-36)35(38)37-30-14-11-24(2)17-25(30)3/h6-20H,5,22-23H2,1-4H3,(H,37,38)/b29-18+. The van der Waals surface area contributed by atoms with Crippen molar-refractivity contribution < 1.29 is 23.7 Å². The van der Waals surface area contributed by atoms with Gasteiger partial charge in [-0.25, -0.2) is 0 Å². The van der Waals surface area contributed by atoms with Crippen LogP contribution in [-0.2, 0) is 18.0 Å². The van der Waals surface area contributed by atoms with Gasteiger partial charge in [-0.3, -0.25) is 4.79 Å². The van der Waals surface area contributed by atoms with Crippen molar-refractivity contribution in [2.75, 3.05) is 19.0 Å². The maximum absolute atomic E-state index is 12.8. The molecule has 0 atom stereocenters. The zero-order valence-electron chi connectivity index (χ0n) is 24.3. The van der Waals surface area contributed by atoms with Gasteiger partial charge in [0.25, 0.3) is 5.91 Å². The summed E-state index contributed by atoms with van der Waals surface area (Å²) in [7, 11) is 1.54. The molecule has 0 unspecified atom stereocenters. The summed E-state index contributed by atoms with van der Waals surface area (Å²) in [6.07, 6.45) is 1.52. The molecule has 7 nitrogen and oxygen atoms in total. The number of benzene rings is 4. The molecular formula is C35H34N2O5. The highest BCUT2D eigenvalue weighted by Crippen LogP contribution is 2.32. The number of carbonyl (C=O) groups excluding carboxylic acids is 1. The molecule has 42 heavy (non-hydrogen) atoms. The van der Waals surface area contributed by atoms with E-state index in [-0.39, 0.29) is 12.2 Å². The average molecular weight is 563 g/mol. The summed E-state index contributed by atoms with van der Waals surface area (Å²) in [6, 6.07) is 28.6. The molecule has 0 spiro atoms. The predicted octanol–water partition coefficient (Wildman–Crippen LogP) is 7.41. The lowest BCUT2D eigenvalue weighted by molar-refractivity contribution is -0.112. The zero-order chi connectivity index (χ0) is 29.9. The van der Waals surface area contributed by atoms with Crippen LogP contribution in [0, 0.1) is 25.2 Å². The number of hydrogen-bond acceptors (Lipinski definition) is 6. The van der Waals surface area contributed by atoms with Crippen LogP contribution in [0.3, 0.4) is 0 Å².